The van der Waals surface area contributed by atoms with Crippen molar-refractivity contribution in [2.45, 2.75) is 58.6 Å². The van der Waals surface area contributed by atoms with Crippen molar-refractivity contribution in [2.75, 3.05) is 25.4 Å². The molecule has 0 unspecified atom stereocenters. The number of hydrogen-bond acceptors (Lipinski definition) is 4. The van der Waals surface area contributed by atoms with Gasteiger partial charge in [0.25, 0.3) is 0 Å². The van der Waals surface area contributed by atoms with Crippen LogP contribution in [-0.2, 0) is 21.5 Å². The van der Waals surface area contributed by atoms with Crippen LogP contribution < -0.4 is 0 Å². The Morgan fingerprint density at radius 1 is 1.22 bits per heavy atom. The predicted octanol–water partition coefficient (Wildman–Crippen LogP) is 4.38. The van der Waals surface area contributed by atoms with Crippen LogP contribution in [0, 0.1) is 5.92 Å². The van der Waals surface area contributed by atoms with E-state index in [2.05, 4.69) is 53.7 Å². The molecule has 4 rings (SSSR count). The second-order valence-corrected chi connectivity index (χ2v) is 18.1. The van der Waals surface area contributed by atoms with Gasteiger partial charge in [-0.2, -0.15) is 0 Å². The Bertz CT molecular complexity index is 1200. The van der Waals surface area contributed by atoms with Crippen molar-refractivity contribution < 1.29 is 13.2 Å². The monoisotopic (exact) mass is 476 g/mol. The Labute approximate surface area is 192 Å². The normalized spacial score (nSPS) is 21.0. The third-order valence-corrected chi connectivity index (χ3v) is 10.3. The molecule has 1 aliphatic rings. The predicted molar refractivity (Wildman–Crippen MR) is 132 cm³/mol. The highest BCUT2D eigenvalue weighted by molar-refractivity contribution is 7.89. The minimum atomic E-state index is -3.19. The van der Waals surface area contributed by atoms with Crippen LogP contribution in [0.4, 0.5) is 0 Å². The molecule has 1 aliphatic heterocycles. The van der Waals surface area contributed by atoms with Gasteiger partial charge in [-0.1, -0.05) is 26.6 Å². The molecule has 7 nitrogen and oxygen atoms in total. The van der Waals surface area contributed by atoms with Crippen molar-refractivity contribution in [1.29, 1.82) is 0 Å². The Morgan fingerprint density at radius 2 is 2.00 bits per heavy atom. The van der Waals surface area contributed by atoms with Gasteiger partial charge in [-0.15, -0.1) is 0 Å². The largest absolute Gasteiger partial charge is 0.361 e. The van der Waals surface area contributed by atoms with Crippen molar-refractivity contribution in [1.82, 2.24) is 18.3 Å². The molecule has 9 heteroatoms. The number of nitrogens with zero attached hydrogens (tertiary/aromatic N) is 4. The van der Waals surface area contributed by atoms with E-state index in [4.69, 9.17) is 9.72 Å². The number of rotatable bonds is 8. The lowest BCUT2D eigenvalue weighted by Gasteiger charge is -2.36. The van der Waals surface area contributed by atoms with Crippen molar-refractivity contribution in [2.24, 2.45) is 5.92 Å². The van der Waals surface area contributed by atoms with Crippen LogP contribution in [0.15, 0.2) is 30.6 Å². The summed E-state index contributed by atoms with van der Waals surface area (Å²) in [6, 6.07) is 7.46. The van der Waals surface area contributed by atoms with Gasteiger partial charge in [-0.25, -0.2) is 17.7 Å². The quantitative estimate of drug-likeness (QED) is 0.357. The lowest BCUT2D eigenvalue weighted by Crippen LogP contribution is -2.43. The molecule has 0 radical (unpaired) electrons. The highest BCUT2D eigenvalue weighted by atomic mass is 32.2. The van der Waals surface area contributed by atoms with E-state index in [0.29, 0.717) is 25.7 Å². The van der Waals surface area contributed by atoms with Gasteiger partial charge in [0.05, 0.1) is 23.0 Å². The van der Waals surface area contributed by atoms with Crippen molar-refractivity contribution in [3.05, 3.63) is 36.3 Å². The summed E-state index contributed by atoms with van der Waals surface area (Å²) >= 11 is 0. The molecule has 0 saturated carbocycles. The van der Waals surface area contributed by atoms with Crippen LogP contribution in [0.1, 0.15) is 31.9 Å². The van der Waals surface area contributed by atoms with Gasteiger partial charge >= 0.3 is 0 Å². The fraction of sp³-hybridized carbons (Fsp3) is 0.609. The zero-order valence-corrected chi connectivity index (χ0v) is 21.7. The summed E-state index contributed by atoms with van der Waals surface area (Å²) in [5, 5.41) is 0. The molecule has 176 valence electrons. The van der Waals surface area contributed by atoms with Gasteiger partial charge in [0.2, 0.25) is 10.0 Å². The molecule has 0 spiro atoms. The lowest BCUT2D eigenvalue weighted by atomic mass is 9.85. The average molecular weight is 477 g/mol. The van der Waals surface area contributed by atoms with Gasteiger partial charge < -0.3 is 13.7 Å². The Balaban J connectivity index is 1.64. The molecule has 4 heterocycles. The molecule has 1 saturated heterocycles. The summed E-state index contributed by atoms with van der Waals surface area (Å²) in [4.78, 5) is 4.71. The first-order chi connectivity index (χ1) is 15.1. The standard InChI is InChI=1S/C23H36N4O3SSi/c1-6-31(28,29)26-12-9-18(2)20(16-26)21-8-7-19-15-24-23-22(27(19)21)10-11-25(23)17-30-13-14-32(3,4)5/h7-8,10-11,15,18,20H,6,9,12-14,16-17H2,1-5H3/t18-,20-/m1/s1. The summed E-state index contributed by atoms with van der Waals surface area (Å²) in [6.07, 6.45) is 4.81. The van der Waals surface area contributed by atoms with E-state index in [9.17, 15) is 8.42 Å². The third-order valence-electron chi connectivity index (χ3n) is 6.70. The number of hydrogen-bond donors (Lipinski definition) is 0. The fourth-order valence-corrected chi connectivity index (χ4v) is 6.43. The number of sulfonamides is 1. The lowest BCUT2D eigenvalue weighted by molar-refractivity contribution is 0.0899. The van der Waals surface area contributed by atoms with E-state index >= 15 is 0 Å². The molecular formula is C23H36N4O3SSi. The van der Waals surface area contributed by atoms with Crippen LogP contribution in [0.25, 0.3) is 16.7 Å². The first-order valence-electron chi connectivity index (χ1n) is 11.6. The van der Waals surface area contributed by atoms with Crippen LogP contribution in [0.5, 0.6) is 0 Å². The van der Waals surface area contributed by atoms with Crippen LogP contribution in [0.2, 0.25) is 25.7 Å². The zero-order chi connectivity index (χ0) is 23.1. The summed E-state index contributed by atoms with van der Waals surface area (Å²) in [7, 11) is -4.31. The SMILES string of the molecule is CCS(=O)(=O)N1CC[C@@H](C)[C@H](c2ccc3cnc4c(ccn4COCC[Si](C)(C)C)n23)C1. The number of ether oxygens (including phenoxy) is 1. The first-order valence-corrected chi connectivity index (χ1v) is 16.9. The van der Waals surface area contributed by atoms with Gasteiger partial charge in [-0.05, 0) is 43.5 Å². The molecule has 0 aliphatic carbocycles. The van der Waals surface area contributed by atoms with Gasteiger partial charge in [0.15, 0.2) is 5.65 Å². The molecule has 3 aromatic rings. The summed E-state index contributed by atoms with van der Waals surface area (Å²) in [5.74, 6) is 0.707. The van der Waals surface area contributed by atoms with Crippen molar-refractivity contribution in [3.63, 3.8) is 0 Å². The van der Waals surface area contributed by atoms with Gasteiger partial charge in [0, 0.05) is 45.6 Å². The zero-order valence-electron chi connectivity index (χ0n) is 19.9. The minimum absolute atomic E-state index is 0.148. The minimum Gasteiger partial charge on any atom is -0.361 e. The van der Waals surface area contributed by atoms with E-state index < -0.39 is 18.1 Å². The number of piperidine rings is 1. The fourth-order valence-electron chi connectivity index (χ4n) is 4.54. The second kappa shape index (κ2) is 8.93. The van der Waals surface area contributed by atoms with Crippen LogP contribution in [0.3, 0.4) is 0 Å². The Hall–Kier alpha value is -1.68. The van der Waals surface area contributed by atoms with E-state index in [1.54, 1.807) is 11.2 Å². The van der Waals surface area contributed by atoms with Crippen LogP contribution >= 0.6 is 0 Å². The van der Waals surface area contributed by atoms with E-state index in [0.717, 1.165) is 41.4 Å². The summed E-state index contributed by atoms with van der Waals surface area (Å²) in [5.41, 5.74) is 4.13. The molecule has 32 heavy (non-hydrogen) atoms. The number of aromatic nitrogens is 3. The van der Waals surface area contributed by atoms with Crippen molar-refractivity contribution >= 4 is 34.8 Å². The molecule has 0 N–H and O–H groups in total. The molecular weight excluding hydrogens is 440 g/mol. The maximum atomic E-state index is 12.5. The average Bonchev–Trinajstić information content (AvgIpc) is 3.34. The van der Waals surface area contributed by atoms with Gasteiger partial charge in [-0.3, -0.25) is 0 Å². The molecule has 0 bridgehead atoms. The molecule has 0 aromatic carbocycles. The smallest absolute Gasteiger partial charge is 0.213 e. The van der Waals surface area contributed by atoms with E-state index in [1.807, 2.05) is 12.4 Å². The third kappa shape index (κ3) is 4.66. The summed E-state index contributed by atoms with van der Waals surface area (Å²) < 4.78 is 37.0. The molecule has 0 amide bonds. The maximum Gasteiger partial charge on any atom is 0.213 e. The topological polar surface area (TPSA) is 68.8 Å². The van der Waals surface area contributed by atoms with Crippen molar-refractivity contribution in [3.8, 4) is 0 Å². The Morgan fingerprint density at radius 3 is 2.72 bits per heavy atom. The second-order valence-electron chi connectivity index (χ2n) is 10.3. The van der Waals surface area contributed by atoms with Crippen LogP contribution in [-0.4, -0.2) is 60.2 Å². The first kappa shape index (κ1) is 23.5. The molecule has 2 atom stereocenters. The molecule has 1 fully saturated rings. The highest BCUT2D eigenvalue weighted by Crippen LogP contribution is 2.35. The summed E-state index contributed by atoms with van der Waals surface area (Å²) in [6.45, 7) is 13.4. The number of fused-ring (bicyclic) bond motifs is 3. The van der Waals surface area contributed by atoms with E-state index in [-0.39, 0.29) is 11.7 Å². The maximum absolute atomic E-state index is 12.5. The molecule has 3 aromatic heterocycles. The van der Waals surface area contributed by atoms with E-state index in [1.165, 1.54) is 0 Å². The highest BCUT2D eigenvalue weighted by Gasteiger charge is 2.34. The van der Waals surface area contributed by atoms with Gasteiger partial charge in [0.1, 0.15) is 6.73 Å². The Kier molecular flexibility index (Phi) is 6.55.